The van der Waals surface area contributed by atoms with Crippen molar-refractivity contribution in [2.45, 2.75) is 30.2 Å². The third kappa shape index (κ3) is 3.52. The molecule has 3 aromatic rings. The number of primary amides is 1. The Morgan fingerprint density at radius 1 is 1.21 bits per heavy atom. The number of likely N-dealkylation sites (N-methyl/N-ethyl adjacent to an activating group) is 1. The minimum Gasteiger partial charge on any atom is -0.497 e. The van der Waals surface area contributed by atoms with Crippen LogP contribution < -0.4 is 15.8 Å². The van der Waals surface area contributed by atoms with Crippen LogP contribution in [0.4, 0.5) is 13.6 Å². The molecule has 0 bridgehead atoms. The van der Waals surface area contributed by atoms with Gasteiger partial charge in [-0.1, -0.05) is 24.3 Å². The number of likely N-dealkylation sites (tertiary alicyclic amines) is 1. The van der Waals surface area contributed by atoms with Crippen LogP contribution >= 0.6 is 0 Å². The minimum absolute atomic E-state index is 0.0705. The fourth-order valence-corrected chi connectivity index (χ4v) is 5.03. The van der Waals surface area contributed by atoms with E-state index in [1.54, 1.807) is 19.2 Å². The molecule has 1 saturated carbocycles. The van der Waals surface area contributed by atoms with Crippen molar-refractivity contribution < 1.29 is 23.1 Å². The van der Waals surface area contributed by atoms with Gasteiger partial charge < -0.3 is 20.7 Å². The second kappa shape index (κ2) is 7.93. The molecular formula is C25H24F2N4O3. The van der Waals surface area contributed by atoms with E-state index in [0.29, 0.717) is 29.6 Å². The fraction of sp³-hybridized carbons (Fsp3) is 0.320. The monoisotopic (exact) mass is 466 g/mol. The van der Waals surface area contributed by atoms with Gasteiger partial charge in [0.15, 0.2) is 0 Å². The maximum absolute atomic E-state index is 15.0. The zero-order chi connectivity index (χ0) is 24.2. The molecule has 9 heteroatoms. The highest BCUT2D eigenvalue weighted by atomic mass is 19.1. The van der Waals surface area contributed by atoms with Gasteiger partial charge in [-0.2, -0.15) is 0 Å². The average molecular weight is 466 g/mol. The smallest absolute Gasteiger partial charge is 0.312 e. The topological polar surface area (TPSA) is 97.5 Å². The number of hydrogen-bond acceptors (Lipinski definition) is 4. The van der Waals surface area contributed by atoms with Gasteiger partial charge in [0.2, 0.25) is 5.91 Å². The summed E-state index contributed by atoms with van der Waals surface area (Å²) >= 11 is 0. The lowest BCUT2D eigenvalue weighted by Crippen LogP contribution is -2.39. The van der Waals surface area contributed by atoms with Crippen LogP contribution in [0.2, 0.25) is 0 Å². The molecule has 2 atom stereocenters. The summed E-state index contributed by atoms with van der Waals surface area (Å²) < 4.78 is 35.1. The molecular weight excluding hydrogens is 442 g/mol. The number of pyridine rings is 1. The molecule has 3 N–H and O–H groups in total. The molecule has 176 valence electrons. The van der Waals surface area contributed by atoms with E-state index < -0.39 is 35.0 Å². The molecule has 1 aliphatic carbocycles. The van der Waals surface area contributed by atoms with Crippen molar-refractivity contribution in [2.24, 2.45) is 5.73 Å². The molecule has 7 nitrogen and oxygen atoms in total. The van der Waals surface area contributed by atoms with Crippen molar-refractivity contribution in [2.75, 3.05) is 20.7 Å². The number of amides is 3. The second-order valence-corrected chi connectivity index (χ2v) is 8.99. The molecule has 1 aliphatic heterocycles. The van der Waals surface area contributed by atoms with Crippen LogP contribution in [0.25, 0.3) is 10.9 Å². The summed E-state index contributed by atoms with van der Waals surface area (Å²) in [6, 6.07) is 10.8. The van der Waals surface area contributed by atoms with E-state index in [9.17, 15) is 9.59 Å². The van der Waals surface area contributed by atoms with Gasteiger partial charge in [0.05, 0.1) is 29.8 Å². The summed E-state index contributed by atoms with van der Waals surface area (Å²) in [4.78, 5) is 31.1. The molecule has 2 heterocycles. The summed E-state index contributed by atoms with van der Waals surface area (Å²) in [6.07, 6.45) is 1.40. The molecule has 34 heavy (non-hydrogen) atoms. The standard InChI is InChI=1S/C25H24F2N4O3/c1-31-12-16(21-17(26)10-14(34-2)11-18(21)27)20(23(31)32)15-5-3-4-13-6-7-19(29-22(13)15)25(8-9-25)30-24(28)33/h3-7,10-11,16,20H,8-9,12H2,1-2H3,(H3,28,30,33)/t16-,20-/m1/s1. The summed E-state index contributed by atoms with van der Waals surface area (Å²) in [5.41, 5.74) is 6.37. The normalized spacial score (nSPS) is 21.1. The fourth-order valence-electron chi connectivity index (χ4n) is 5.03. The van der Waals surface area contributed by atoms with Crippen LogP contribution in [0.1, 0.15) is 41.5 Å². The number of rotatable bonds is 5. The van der Waals surface area contributed by atoms with E-state index in [-0.39, 0.29) is 23.8 Å². The number of fused-ring (bicyclic) bond motifs is 1. The van der Waals surface area contributed by atoms with Crippen molar-refractivity contribution in [3.05, 3.63) is 70.9 Å². The first-order valence-electron chi connectivity index (χ1n) is 11.0. The van der Waals surface area contributed by atoms with Crippen LogP contribution in [-0.2, 0) is 10.3 Å². The Balaban J connectivity index is 1.65. The van der Waals surface area contributed by atoms with Crippen LogP contribution in [0.3, 0.4) is 0 Å². The van der Waals surface area contributed by atoms with Crippen LogP contribution in [0.15, 0.2) is 42.5 Å². The van der Waals surface area contributed by atoms with Crippen LogP contribution in [0, 0.1) is 11.6 Å². The summed E-state index contributed by atoms with van der Waals surface area (Å²) in [6.45, 7) is 0.160. The Morgan fingerprint density at radius 3 is 2.53 bits per heavy atom. The molecule has 3 amide bonds. The molecule has 2 fully saturated rings. The van der Waals surface area contributed by atoms with Gasteiger partial charge in [-0.3, -0.25) is 9.78 Å². The predicted octanol–water partition coefficient (Wildman–Crippen LogP) is 3.52. The number of urea groups is 1. The number of carbonyl (C=O) groups excluding carboxylic acids is 2. The predicted molar refractivity (Wildman–Crippen MR) is 121 cm³/mol. The number of benzene rings is 2. The maximum atomic E-state index is 15.0. The van der Waals surface area contributed by atoms with Crippen molar-refractivity contribution in [1.82, 2.24) is 15.2 Å². The number of nitrogens with two attached hydrogens (primary N) is 1. The lowest BCUT2D eigenvalue weighted by Gasteiger charge is -2.21. The number of hydrogen-bond donors (Lipinski definition) is 2. The number of ether oxygens (including phenoxy) is 1. The van der Waals surface area contributed by atoms with E-state index >= 15 is 8.78 Å². The van der Waals surface area contributed by atoms with Crippen LogP contribution in [0.5, 0.6) is 5.75 Å². The first-order valence-corrected chi connectivity index (χ1v) is 11.0. The highest BCUT2D eigenvalue weighted by molar-refractivity contribution is 5.93. The molecule has 2 aromatic carbocycles. The third-order valence-corrected chi connectivity index (χ3v) is 6.86. The summed E-state index contributed by atoms with van der Waals surface area (Å²) in [5.74, 6) is -3.26. The van der Waals surface area contributed by atoms with Gasteiger partial charge in [-0.15, -0.1) is 0 Å². The third-order valence-electron chi connectivity index (χ3n) is 6.86. The minimum atomic E-state index is -0.826. The van der Waals surface area contributed by atoms with E-state index in [2.05, 4.69) is 5.32 Å². The van der Waals surface area contributed by atoms with Gasteiger partial charge in [0.25, 0.3) is 0 Å². The zero-order valence-corrected chi connectivity index (χ0v) is 18.8. The van der Waals surface area contributed by atoms with E-state index in [1.807, 2.05) is 18.2 Å². The Hall–Kier alpha value is -3.75. The van der Waals surface area contributed by atoms with Crippen LogP contribution in [-0.4, -0.2) is 42.5 Å². The average Bonchev–Trinajstić information content (AvgIpc) is 3.51. The van der Waals surface area contributed by atoms with Gasteiger partial charge in [-0.25, -0.2) is 13.6 Å². The summed E-state index contributed by atoms with van der Waals surface area (Å²) in [7, 11) is 2.96. The Kier molecular flexibility index (Phi) is 5.15. The lowest BCUT2D eigenvalue weighted by molar-refractivity contribution is -0.127. The number of aromatic nitrogens is 1. The number of carbonyl (C=O) groups is 2. The highest BCUT2D eigenvalue weighted by Gasteiger charge is 2.48. The maximum Gasteiger partial charge on any atom is 0.312 e. The van der Waals surface area contributed by atoms with Gasteiger partial charge >= 0.3 is 6.03 Å². The Morgan fingerprint density at radius 2 is 1.91 bits per heavy atom. The van der Waals surface area contributed by atoms with Gasteiger partial charge in [0.1, 0.15) is 17.4 Å². The number of nitrogens with one attached hydrogen (secondary N) is 1. The lowest BCUT2D eigenvalue weighted by atomic mass is 9.82. The largest absolute Gasteiger partial charge is 0.497 e. The van der Waals surface area contributed by atoms with Crippen molar-refractivity contribution in [1.29, 1.82) is 0 Å². The molecule has 0 radical (unpaired) electrons. The zero-order valence-electron chi connectivity index (χ0n) is 18.8. The first kappa shape index (κ1) is 22.1. The highest BCUT2D eigenvalue weighted by Crippen LogP contribution is 2.47. The number of methoxy groups -OCH3 is 1. The summed E-state index contributed by atoms with van der Waals surface area (Å²) in [5, 5.41) is 3.55. The quantitative estimate of drug-likeness (QED) is 0.601. The molecule has 1 saturated heterocycles. The van der Waals surface area contributed by atoms with E-state index in [0.717, 1.165) is 17.5 Å². The molecule has 0 unspecified atom stereocenters. The molecule has 1 aromatic heterocycles. The van der Waals surface area contributed by atoms with Gasteiger partial charge in [-0.05, 0) is 24.5 Å². The van der Waals surface area contributed by atoms with E-state index in [4.69, 9.17) is 15.5 Å². The molecule has 2 aliphatic rings. The number of nitrogens with zero attached hydrogens (tertiary/aromatic N) is 2. The number of para-hydroxylation sites is 1. The van der Waals surface area contributed by atoms with Crippen molar-refractivity contribution in [3.63, 3.8) is 0 Å². The van der Waals surface area contributed by atoms with Crippen molar-refractivity contribution >= 4 is 22.8 Å². The molecule has 5 rings (SSSR count). The first-order chi connectivity index (χ1) is 16.2. The molecule has 0 spiro atoms. The SMILES string of the molecule is COc1cc(F)c([C@@H]2CN(C)C(=O)[C@@H]2c2cccc3ccc(C4(NC(N)=O)CC4)nc23)c(F)c1. The Bertz CT molecular complexity index is 1300. The number of halogens is 2. The Labute approximate surface area is 194 Å². The van der Waals surface area contributed by atoms with Crippen molar-refractivity contribution in [3.8, 4) is 5.75 Å². The van der Waals surface area contributed by atoms with Gasteiger partial charge in [0, 0.05) is 42.6 Å². The van der Waals surface area contributed by atoms with E-state index in [1.165, 1.54) is 12.0 Å². The second-order valence-electron chi connectivity index (χ2n) is 8.99.